The summed E-state index contributed by atoms with van der Waals surface area (Å²) < 4.78 is 34.5. The van der Waals surface area contributed by atoms with Crippen LogP contribution in [0.3, 0.4) is 0 Å². The quantitative estimate of drug-likeness (QED) is 0.276. The topological polar surface area (TPSA) is 129 Å². The molecule has 2 aromatic rings. The van der Waals surface area contributed by atoms with Gasteiger partial charge in [0.05, 0.1) is 17.9 Å². The van der Waals surface area contributed by atoms with Crippen molar-refractivity contribution in [3.63, 3.8) is 0 Å². The van der Waals surface area contributed by atoms with Crippen LogP contribution >= 0.6 is 0 Å². The molecule has 2 aromatic carbocycles. The van der Waals surface area contributed by atoms with Crippen molar-refractivity contribution in [2.24, 2.45) is 0 Å². The number of aryl methyl sites for hydroxylation is 1. The van der Waals surface area contributed by atoms with Gasteiger partial charge >= 0.3 is 10.1 Å². The van der Waals surface area contributed by atoms with Crippen molar-refractivity contribution in [3.05, 3.63) is 63.7 Å². The predicted octanol–water partition coefficient (Wildman–Crippen LogP) is 2.97. The lowest BCUT2D eigenvalue weighted by Gasteiger charge is -2.11. The number of nitrogens with zero attached hydrogens (tertiary/aromatic N) is 2. The summed E-state index contributed by atoms with van der Waals surface area (Å²) in [7, 11) is -3.95. The molecule has 0 unspecified atom stereocenters. The van der Waals surface area contributed by atoms with Crippen LogP contribution in [0.4, 0.5) is 0 Å². The molecule has 0 fully saturated rings. The van der Waals surface area contributed by atoms with Crippen molar-refractivity contribution in [1.29, 1.82) is 5.26 Å². The van der Waals surface area contributed by atoms with Gasteiger partial charge < -0.3 is 13.8 Å². The molecular formula is C17H16N2O7S. The Morgan fingerprint density at radius 3 is 2.59 bits per heavy atom. The summed E-state index contributed by atoms with van der Waals surface area (Å²) in [5, 5.41) is 18.3. The van der Waals surface area contributed by atoms with Crippen LogP contribution in [0.5, 0.6) is 17.2 Å². The van der Waals surface area contributed by atoms with E-state index in [-0.39, 0.29) is 18.8 Å². The zero-order chi connectivity index (χ0) is 19.9. The first-order valence-electron chi connectivity index (χ1n) is 7.78. The Hall–Kier alpha value is -3.32. The number of benzene rings is 2. The maximum Gasteiger partial charge on any atom is 0.309 e. The molecule has 10 heteroatoms. The molecule has 0 aliphatic carbocycles. The van der Waals surface area contributed by atoms with Crippen molar-refractivity contribution in [1.82, 2.24) is 0 Å². The van der Waals surface area contributed by atoms with Gasteiger partial charge in [-0.2, -0.15) is 13.7 Å². The van der Waals surface area contributed by atoms with Gasteiger partial charge in [-0.1, -0.05) is 18.2 Å². The van der Waals surface area contributed by atoms with Crippen LogP contribution in [0.1, 0.15) is 17.5 Å². The molecule has 0 spiro atoms. The van der Waals surface area contributed by atoms with E-state index in [0.717, 1.165) is 5.56 Å². The highest BCUT2D eigenvalue weighted by atomic mass is 32.2. The number of ether oxygens (including phenoxy) is 1. The molecule has 0 bridgehead atoms. The normalized spacial score (nSPS) is 10.7. The third kappa shape index (κ3) is 6.16. The lowest BCUT2D eigenvalue weighted by Crippen LogP contribution is -2.16. The zero-order valence-electron chi connectivity index (χ0n) is 14.3. The predicted molar refractivity (Wildman–Crippen MR) is 94.4 cm³/mol. The number of nitriles is 1. The van der Waals surface area contributed by atoms with Crippen LogP contribution in [0.2, 0.25) is 0 Å². The van der Waals surface area contributed by atoms with Crippen LogP contribution < -0.4 is 8.92 Å². The highest BCUT2D eigenvalue weighted by Crippen LogP contribution is 2.29. The minimum atomic E-state index is -3.95. The van der Waals surface area contributed by atoms with Crippen molar-refractivity contribution in [2.75, 3.05) is 12.4 Å². The molecule has 2 rings (SSSR count). The third-order valence-corrected chi connectivity index (χ3v) is 4.57. The van der Waals surface area contributed by atoms with E-state index in [1.165, 1.54) is 18.2 Å². The van der Waals surface area contributed by atoms with Gasteiger partial charge in [0.25, 0.3) is 5.09 Å². The molecule has 0 aliphatic heterocycles. The standard InChI is InChI=1S/C17H16N2O7S/c1-13-5-2-8-17(16(13)12-18)25-14-6-3-7-15(11-14)26-27(22,23)10-4-9-24-19(20)21/h2-3,5-8,11H,4,9-10H2,1H3. The summed E-state index contributed by atoms with van der Waals surface area (Å²) in [6.07, 6.45) is -0.0890. The monoisotopic (exact) mass is 392 g/mol. The fourth-order valence-electron chi connectivity index (χ4n) is 2.15. The second-order valence-corrected chi connectivity index (χ2v) is 7.08. The third-order valence-electron chi connectivity index (χ3n) is 3.34. The largest absolute Gasteiger partial charge is 0.456 e. The van der Waals surface area contributed by atoms with E-state index in [1.807, 2.05) is 0 Å². The molecule has 0 saturated carbocycles. The Kier molecular flexibility index (Phi) is 6.56. The molecular weight excluding hydrogens is 376 g/mol. The van der Waals surface area contributed by atoms with Crippen LogP contribution in [0.15, 0.2) is 42.5 Å². The van der Waals surface area contributed by atoms with E-state index in [4.69, 9.17) is 8.92 Å². The lowest BCUT2D eigenvalue weighted by atomic mass is 10.1. The van der Waals surface area contributed by atoms with Gasteiger partial charge in [0.15, 0.2) is 0 Å². The first-order valence-corrected chi connectivity index (χ1v) is 9.35. The number of hydrogen-bond donors (Lipinski definition) is 0. The fourth-order valence-corrected chi connectivity index (χ4v) is 3.10. The molecule has 0 aliphatic rings. The fraction of sp³-hybridized carbons (Fsp3) is 0.235. The molecule has 0 amide bonds. The SMILES string of the molecule is Cc1cccc(Oc2cccc(OS(=O)(=O)CCCO[N+](=O)[O-])c2)c1C#N. The van der Waals surface area contributed by atoms with Gasteiger partial charge in [0.2, 0.25) is 0 Å². The van der Waals surface area contributed by atoms with Crippen molar-refractivity contribution >= 4 is 10.1 Å². The van der Waals surface area contributed by atoms with Gasteiger partial charge in [0, 0.05) is 6.07 Å². The highest BCUT2D eigenvalue weighted by Gasteiger charge is 2.14. The first-order chi connectivity index (χ1) is 12.8. The highest BCUT2D eigenvalue weighted by molar-refractivity contribution is 7.87. The average molecular weight is 392 g/mol. The van der Waals surface area contributed by atoms with Gasteiger partial charge in [-0.05, 0) is 37.1 Å². The maximum absolute atomic E-state index is 11.9. The molecule has 0 N–H and O–H groups in total. The van der Waals surface area contributed by atoms with Crippen LogP contribution in [0, 0.1) is 28.4 Å². The molecule has 142 valence electrons. The summed E-state index contributed by atoms with van der Waals surface area (Å²) in [6.45, 7) is 1.43. The molecule has 0 atom stereocenters. The van der Waals surface area contributed by atoms with E-state index in [0.29, 0.717) is 17.1 Å². The molecule has 0 saturated heterocycles. The number of hydrogen-bond acceptors (Lipinski definition) is 8. The van der Waals surface area contributed by atoms with E-state index in [1.54, 1.807) is 31.2 Å². The number of rotatable bonds is 9. The average Bonchev–Trinajstić information content (AvgIpc) is 2.59. The van der Waals surface area contributed by atoms with Crippen LogP contribution in [-0.4, -0.2) is 25.9 Å². The van der Waals surface area contributed by atoms with E-state index in [9.17, 15) is 23.8 Å². The Labute approximate surface area is 155 Å². The summed E-state index contributed by atoms with van der Waals surface area (Å²) in [4.78, 5) is 14.1. The first kappa shape index (κ1) is 20.0. The second kappa shape index (κ2) is 8.86. The Morgan fingerprint density at radius 1 is 1.19 bits per heavy atom. The molecule has 0 aromatic heterocycles. The summed E-state index contributed by atoms with van der Waals surface area (Å²) in [5.74, 6) is 0.215. The van der Waals surface area contributed by atoms with E-state index in [2.05, 4.69) is 10.9 Å². The zero-order valence-corrected chi connectivity index (χ0v) is 15.1. The Bertz CT molecular complexity index is 967. The molecule has 27 heavy (non-hydrogen) atoms. The molecule has 0 radical (unpaired) electrons. The second-order valence-electron chi connectivity index (χ2n) is 5.39. The van der Waals surface area contributed by atoms with E-state index < -0.39 is 21.0 Å². The van der Waals surface area contributed by atoms with Crippen molar-refractivity contribution < 1.29 is 27.3 Å². The van der Waals surface area contributed by atoms with Gasteiger partial charge in [0.1, 0.15) is 23.3 Å². The molecule has 0 heterocycles. The Morgan fingerprint density at radius 2 is 1.89 bits per heavy atom. The summed E-state index contributed by atoms with van der Waals surface area (Å²) >= 11 is 0. The lowest BCUT2D eigenvalue weighted by molar-refractivity contribution is -0.757. The van der Waals surface area contributed by atoms with Crippen molar-refractivity contribution in [3.8, 4) is 23.3 Å². The Balaban J connectivity index is 2.06. The van der Waals surface area contributed by atoms with Crippen LogP contribution in [-0.2, 0) is 15.0 Å². The molecule has 9 nitrogen and oxygen atoms in total. The minimum Gasteiger partial charge on any atom is -0.456 e. The summed E-state index contributed by atoms with van der Waals surface area (Å²) in [5.41, 5.74) is 1.13. The van der Waals surface area contributed by atoms with Gasteiger partial charge in [-0.15, -0.1) is 10.1 Å². The van der Waals surface area contributed by atoms with Gasteiger partial charge in [-0.25, -0.2) is 0 Å². The van der Waals surface area contributed by atoms with Gasteiger partial charge in [-0.3, -0.25) is 0 Å². The minimum absolute atomic E-state index is 0.0221. The van der Waals surface area contributed by atoms with Crippen LogP contribution in [0.25, 0.3) is 0 Å². The van der Waals surface area contributed by atoms with E-state index >= 15 is 0 Å². The smallest absolute Gasteiger partial charge is 0.309 e. The summed E-state index contributed by atoms with van der Waals surface area (Å²) in [6, 6.07) is 13.1. The maximum atomic E-state index is 11.9. The van der Waals surface area contributed by atoms with Crippen molar-refractivity contribution in [2.45, 2.75) is 13.3 Å².